The number of benzene rings is 2. The predicted octanol–water partition coefficient (Wildman–Crippen LogP) is 4.50. The zero-order valence-corrected chi connectivity index (χ0v) is 10.1. The maximum atomic E-state index is 8.68. The van der Waals surface area contributed by atoms with Gasteiger partial charge in [0.05, 0.1) is 29.3 Å². The van der Waals surface area contributed by atoms with E-state index in [0.29, 0.717) is 11.3 Å². The Kier molecular flexibility index (Phi) is 4.04. The lowest BCUT2D eigenvalue weighted by Crippen LogP contribution is -1.71. The molecule has 0 atom stereocenters. The van der Waals surface area contributed by atoms with Crippen LogP contribution < -0.4 is 0 Å². The molecule has 0 aliphatic carbocycles. The molecule has 1 N–H and O–H groups in total. The van der Waals surface area contributed by atoms with Crippen LogP contribution in [0.15, 0.2) is 65.0 Å². The van der Waals surface area contributed by atoms with Crippen molar-refractivity contribution in [3.05, 3.63) is 65.9 Å². The molecule has 0 aliphatic rings. The molecule has 0 spiro atoms. The van der Waals surface area contributed by atoms with Crippen molar-refractivity contribution in [2.45, 2.75) is 0 Å². The standard InChI is InChI=1S/C15H11N3O/c16-11-13-3-7-15(8-4-13)18-17-14-5-1-12(2-6-14)9-10-19/h1-10,19H/b10-9+,18-17?. The van der Waals surface area contributed by atoms with Crippen molar-refractivity contribution in [1.29, 1.82) is 5.26 Å². The Morgan fingerprint density at radius 2 is 1.42 bits per heavy atom. The summed E-state index contributed by atoms with van der Waals surface area (Å²) in [7, 11) is 0. The highest BCUT2D eigenvalue weighted by molar-refractivity contribution is 5.52. The number of aliphatic hydroxyl groups excluding tert-OH is 1. The Bertz CT molecular complexity index is 635. The Morgan fingerprint density at radius 3 is 1.89 bits per heavy atom. The van der Waals surface area contributed by atoms with E-state index in [9.17, 15) is 0 Å². The molecule has 0 heterocycles. The van der Waals surface area contributed by atoms with Crippen LogP contribution in [-0.2, 0) is 0 Å². The molecular formula is C15H11N3O. The number of nitriles is 1. The lowest BCUT2D eigenvalue weighted by atomic mass is 10.2. The van der Waals surface area contributed by atoms with Gasteiger partial charge in [-0.2, -0.15) is 15.5 Å². The normalized spacial score (nSPS) is 10.9. The molecule has 92 valence electrons. The SMILES string of the molecule is N#Cc1ccc(N=Nc2ccc(/C=C/O)cc2)cc1. The lowest BCUT2D eigenvalue weighted by Gasteiger charge is -1.95. The Balaban J connectivity index is 2.11. The molecule has 2 aromatic rings. The third-order valence-corrected chi connectivity index (χ3v) is 2.44. The minimum absolute atomic E-state index is 0.596. The summed E-state index contributed by atoms with van der Waals surface area (Å²) in [5, 5.41) is 25.5. The fourth-order valence-corrected chi connectivity index (χ4v) is 1.46. The summed E-state index contributed by atoms with van der Waals surface area (Å²) in [6.07, 6.45) is 2.58. The van der Waals surface area contributed by atoms with Crippen LogP contribution in [0.25, 0.3) is 6.08 Å². The van der Waals surface area contributed by atoms with Crippen molar-refractivity contribution in [3.8, 4) is 6.07 Å². The maximum Gasteiger partial charge on any atom is 0.0991 e. The molecule has 0 bridgehead atoms. The van der Waals surface area contributed by atoms with Crippen LogP contribution in [-0.4, -0.2) is 5.11 Å². The van der Waals surface area contributed by atoms with Crippen molar-refractivity contribution < 1.29 is 5.11 Å². The fraction of sp³-hybridized carbons (Fsp3) is 0. The lowest BCUT2D eigenvalue weighted by molar-refractivity contribution is 0.478. The molecule has 0 saturated heterocycles. The molecule has 0 aromatic heterocycles. The van der Waals surface area contributed by atoms with Crippen LogP contribution >= 0.6 is 0 Å². The zero-order chi connectivity index (χ0) is 13.5. The predicted molar refractivity (Wildman–Crippen MR) is 73.4 cm³/mol. The van der Waals surface area contributed by atoms with Gasteiger partial charge in [-0.05, 0) is 48.0 Å². The van der Waals surface area contributed by atoms with Gasteiger partial charge in [0.1, 0.15) is 0 Å². The highest BCUT2D eigenvalue weighted by atomic mass is 16.2. The van der Waals surface area contributed by atoms with Crippen LogP contribution in [0.5, 0.6) is 0 Å². The molecule has 4 nitrogen and oxygen atoms in total. The van der Waals surface area contributed by atoms with Gasteiger partial charge >= 0.3 is 0 Å². The van der Waals surface area contributed by atoms with Gasteiger partial charge in [-0.25, -0.2) is 0 Å². The number of hydrogen-bond acceptors (Lipinski definition) is 4. The fourth-order valence-electron chi connectivity index (χ4n) is 1.46. The first-order valence-corrected chi connectivity index (χ1v) is 5.64. The Labute approximate surface area is 111 Å². The van der Waals surface area contributed by atoms with Gasteiger partial charge in [-0.15, -0.1) is 0 Å². The van der Waals surface area contributed by atoms with Crippen LogP contribution in [0.4, 0.5) is 11.4 Å². The van der Waals surface area contributed by atoms with E-state index in [2.05, 4.69) is 10.2 Å². The van der Waals surface area contributed by atoms with E-state index in [-0.39, 0.29) is 0 Å². The molecule has 19 heavy (non-hydrogen) atoms. The highest BCUT2D eigenvalue weighted by Gasteiger charge is 1.93. The average molecular weight is 249 g/mol. The van der Waals surface area contributed by atoms with Crippen LogP contribution in [0.3, 0.4) is 0 Å². The van der Waals surface area contributed by atoms with Crippen molar-refractivity contribution in [2.75, 3.05) is 0 Å². The van der Waals surface area contributed by atoms with Gasteiger partial charge in [-0.1, -0.05) is 12.1 Å². The van der Waals surface area contributed by atoms with Gasteiger partial charge in [0.2, 0.25) is 0 Å². The molecule has 4 heteroatoms. The van der Waals surface area contributed by atoms with E-state index in [4.69, 9.17) is 10.4 Å². The number of aliphatic hydroxyl groups is 1. The van der Waals surface area contributed by atoms with Crippen molar-refractivity contribution in [2.24, 2.45) is 10.2 Å². The van der Waals surface area contributed by atoms with E-state index in [1.807, 2.05) is 30.3 Å². The van der Waals surface area contributed by atoms with Gasteiger partial charge < -0.3 is 5.11 Å². The molecule has 0 amide bonds. The van der Waals surface area contributed by atoms with Gasteiger partial charge in [0.15, 0.2) is 0 Å². The Hall–Kier alpha value is -2.93. The molecule has 0 saturated carbocycles. The first-order chi connectivity index (χ1) is 9.31. The number of hydrogen-bond donors (Lipinski definition) is 1. The number of nitrogens with zero attached hydrogens (tertiary/aromatic N) is 3. The second-order valence-corrected chi connectivity index (χ2v) is 3.77. The largest absolute Gasteiger partial charge is 0.516 e. The smallest absolute Gasteiger partial charge is 0.0991 e. The summed E-state index contributed by atoms with van der Waals surface area (Å²) in [5.74, 6) is 0. The van der Waals surface area contributed by atoms with Gasteiger partial charge in [0.25, 0.3) is 0 Å². The first kappa shape index (κ1) is 12.5. The molecule has 0 unspecified atom stereocenters. The van der Waals surface area contributed by atoms with Crippen LogP contribution in [0.2, 0.25) is 0 Å². The first-order valence-electron chi connectivity index (χ1n) is 5.64. The summed E-state index contributed by atoms with van der Waals surface area (Å²) in [5.41, 5.74) is 2.90. The molecular weight excluding hydrogens is 238 g/mol. The van der Waals surface area contributed by atoms with E-state index >= 15 is 0 Å². The molecule has 2 aromatic carbocycles. The molecule has 0 fully saturated rings. The molecule has 2 rings (SSSR count). The van der Waals surface area contributed by atoms with Gasteiger partial charge in [0, 0.05) is 0 Å². The summed E-state index contributed by atoms with van der Waals surface area (Å²) in [4.78, 5) is 0. The third-order valence-electron chi connectivity index (χ3n) is 2.44. The molecule has 0 radical (unpaired) electrons. The summed E-state index contributed by atoms with van der Waals surface area (Å²) >= 11 is 0. The van der Waals surface area contributed by atoms with Crippen molar-refractivity contribution in [1.82, 2.24) is 0 Å². The summed E-state index contributed by atoms with van der Waals surface area (Å²) < 4.78 is 0. The molecule has 0 aliphatic heterocycles. The van der Waals surface area contributed by atoms with E-state index in [0.717, 1.165) is 17.5 Å². The van der Waals surface area contributed by atoms with E-state index < -0.39 is 0 Å². The van der Waals surface area contributed by atoms with Gasteiger partial charge in [-0.3, -0.25) is 0 Å². The van der Waals surface area contributed by atoms with E-state index in [1.54, 1.807) is 30.3 Å². The van der Waals surface area contributed by atoms with Crippen LogP contribution in [0.1, 0.15) is 11.1 Å². The monoisotopic (exact) mass is 249 g/mol. The van der Waals surface area contributed by atoms with Crippen molar-refractivity contribution in [3.63, 3.8) is 0 Å². The third kappa shape index (κ3) is 3.51. The average Bonchev–Trinajstić information content (AvgIpc) is 2.47. The zero-order valence-electron chi connectivity index (χ0n) is 10.1. The van der Waals surface area contributed by atoms with E-state index in [1.165, 1.54) is 0 Å². The maximum absolute atomic E-state index is 8.68. The summed E-state index contributed by atoms with van der Waals surface area (Å²) in [6.45, 7) is 0. The highest BCUT2D eigenvalue weighted by Crippen LogP contribution is 2.19. The number of rotatable bonds is 3. The number of azo groups is 1. The minimum Gasteiger partial charge on any atom is -0.516 e. The quantitative estimate of drug-likeness (QED) is 0.642. The minimum atomic E-state index is 0.596. The topological polar surface area (TPSA) is 68.7 Å². The second-order valence-electron chi connectivity index (χ2n) is 3.77. The van der Waals surface area contributed by atoms with Crippen molar-refractivity contribution >= 4 is 17.5 Å². The Morgan fingerprint density at radius 1 is 0.895 bits per heavy atom. The second kappa shape index (κ2) is 6.12. The summed E-state index contributed by atoms with van der Waals surface area (Å²) in [6, 6.07) is 16.2. The van der Waals surface area contributed by atoms with Crippen LogP contribution in [0, 0.1) is 11.3 Å².